The van der Waals surface area contributed by atoms with Crippen LogP contribution in [0, 0.1) is 11.7 Å². The number of nitrogens with zero attached hydrogens (tertiary/aromatic N) is 1. The number of halogens is 1. The first-order valence-corrected chi connectivity index (χ1v) is 9.47. The molecule has 2 aromatic rings. The van der Waals surface area contributed by atoms with Gasteiger partial charge in [0.05, 0.1) is 13.2 Å². The van der Waals surface area contributed by atoms with Gasteiger partial charge in [-0.2, -0.15) is 0 Å². The van der Waals surface area contributed by atoms with E-state index >= 15 is 0 Å². The van der Waals surface area contributed by atoms with Crippen LogP contribution in [0.3, 0.4) is 0 Å². The van der Waals surface area contributed by atoms with E-state index in [9.17, 15) is 9.18 Å². The second-order valence-electron chi connectivity index (χ2n) is 7.15. The molecule has 0 unspecified atom stereocenters. The van der Waals surface area contributed by atoms with Crippen molar-refractivity contribution < 1.29 is 13.9 Å². The number of hydrogen-bond acceptors (Lipinski definition) is 3. The van der Waals surface area contributed by atoms with Crippen LogP contribution in [-0.2, 0) is 11.3 Å². The number of likely N-dealkylation sites (tertiary alicyclic amines) is 1. The zero-order valence-corrected chi connectivity index (χ0v) is 16.0. The van der Waals surface area contributed by atoms with Crippen LogP contribution in [0.5, 0.6) is 5.75 Å². The van der Waals surface area contributed by atoms with Crippen LogP contribution in [0.2, 0.25) is 0 Å². The summed E-state index contributed by atoms with van der Waals surface area (Å²) < 4.78 is 18.4. The number of carbonyl (C=O) groups is 1. The summed E-state index contributed by atoms with van der Waals surface area (Å²) in [5.74, 6) is 0.721. The molecule has 27 heavy (non-hydrogen) atoms. The van der Waals surface area contributed by atoms with Crippen LogP contribution < -0.4 is 10.1 Å². The highest BCUT2D eigenvalue weighted by molar-refractivity contribution is 5.79. The zero-order valence-electron chi connectivity index (χ0n) is 16.0. The molecule has 0 bridgehead atoms. The van der Waals surface area contributed by atoms with E-state index in [1.54, 1.807) is 7.11 Å². The van der Waals surface area contributed by atoms with Crippen molar-refractivity contribution >= 4 is 5.91 Å². The Morgan fingerprint density at radius 2 is 1.85 bits per heavy atom. The second kappa shape index (κ2) is 9.00. The van der Waals surface area contributed by atoms with Crippen molar-refractivity contribution in [3.63, 3.8) is 0 Å². The maximum atomic E-state index is 13.0. The number of nitrogens with one attached hydrogen (secondary N) is 1. The highest BCUT2D eigenvalue weighted by Crippen LogP contribution is 2.26. The molecule has 3 rings (SSSR count). The Morgan fingerprint density at radius 1 is 1.19 bits per heavy atom. The molecule has 0 radical (unpaired) electrons. The molecule has 1 saturated heterocycles. The lowest BCUT2D eigenvalue weighted by molar-refractivity contribution is -0.127. The van der Waals surface area contributed by atoms with Crippen LogP contribution >= 0.6 is 0 Å². The van der Waals surface area contributed by atoms with Gasteiger partial charge in [-0.15, -0.1) is 0 Å². The van der Waals surface area contributed by atoms with E-state index in [0.717, 1.165) is 49.4 Å². The normalized spacial score (nSPS) is 16.7. The topological polar surface area (TPSA) is 41.6 Å². The molecule has 144 valence electrons. The van der Waals surface area contributed by atoms with Crippen LogP contribution in [0.4, 0.5) is 4.39 Å². The number of ether oxygens (including phenoxy) is 1. The number of para-hydroxylation sites is 1. The second-order valence-corrected chi connectivity index (χ2v) is 7.15. The quantitative estimate of drug-likeness (QED) is 0.838. The minimum atomic E-state index is -0.210. The van der Waals surface area contributed by atoms with Gasteiger partial charge in [0.2, 0.25) is 5.91 Å². The predicted molar refractivity (Wildman–Crippen MR) is 104 cm³/mol. The van der Waals surface area contributed by atoms with Crippen molar-refractivity contribution in [1.29, 1.82) is 0 Å². The van der Waals surface area contributed by atoms with E-state index in [2.05, 4.69) is 10.2 Å². The maximum absolute atomic E-state index is 13.0. The van der Waals surface area contributed by atoms with Crippen LogP contribution in [0.25, 0.3) is 0 Å². The van der Waals surface area contributed by atoms with Crippen molar-refractivity contribution in [2.75, 3.05) is 20.2 Å². The number of piperidine rings is 1. The summed E-state index contributed by atoms with van der Waals surface area (Å²) in [6.45, 7) is 4.53. The van der Waals surface area contributed by atoms with E-state index < -0.39 is 0 Å². The molecule has 0 aromatic heterocycles. The van der Waals surface area contributed by atoms with Gasteiger partial charge in [0.1, 0.15) is 11.6 Å². The highest BCUT2D eigenvalue weighted by Gasteiger charge is 2.26. The number of benzene rings is 2. The fourth-order valence-electron chi connectivity index (χ4n) is 3.63. The van der Waals surface area contributed by atoms with E-state index in [-0.39, 0.29) is 23.7 Å². The molecule has 1 N–H and O–H groups in total. The van der Waals surface area contributed by atoms with Crippen molar-refractivity contribution in [1.82, 2.24) is 10.2 Å². The Morgan fingerprint density at radius 3 is 2.52 bits per heavy atom. The first-order chi connectivity index (χ1) is 13.1. The molecule has 0 spiro atoms. The largest absolute Gasteiger partial charge is 0.496 e. The lowest BCUT2D eigenvalue weighted by Crippen LogP contribution is -2.40. The molecule has 1 heterocycles. The van der Waals surface area contributed by atoms with Gasteiger partial charge >= 0.3 is 0 Å². The average molecular weight is 370 g/mol. The van der Waals surface area contributed by atoms with Gasteiger partial charge in [0, 0.05) is 18.0 Å². The van der Waals surface area contributed by atoms with Gasteiger partial charge in [0.15, 0.2) is 0 Å². The van der Waals surface area contributed by atoms with E-state index in [4.69, 9.17) is 4.74 Å². The third-order valence-electron chi connectivity index (χ3n) is 5.24. The average Bonchev–Trinajstić information content (AvgIpc) is 2.70. The summed E-state index contributed by atoms with van der Waals surface area (Å²) >= 11 is 0. The van der Waals surface area contributed by atoms with Crippen molar-refractivity contribution in [2.24, 2.45) is 5.92 Å². The summed E-state index contributed by atoms with van der Waals surface area (Å²) in [5.41, 5.74) is 2.09. The van der Waals surface area contributed by atoms with Crippen molar-refractivity contribution in [2.45, 2.75) is 32.4 Å². The predicted octanol–water partition coefficient (Wildman–Crippen LogP) is 3.92. The van der Waals surface area contributed by atoms with E-state index in [0.29, 0.717) is 0 Å². The number of carbonyl (C=O) groups excluding carboxylic acids is 1. The molecular weight excluding hydrogens is 343 g/mol. The third-order valence-corrected chi connectivity index (χ3v) is 5.24. The molecule has 0 aliphatic carbocycles. The fraction of sp³-hybridized carbons (Fsp3) is 0.409. The molecule has 1 fully saturated rings. The van der Waals surface area contributed by atoms with Gasteiger partial charge in [-0.3, -0.25) is 9.69 Å². The zero-order chi connectivity index (χ0) is 19.2. The summed E-state index contributed by atoms with van der Waals surface area (Å²) in [5, 5.41) is 3.13. The molecule has 5 heteroatoms. The molecule has 1 aliphatic heterocycles. The van der Waals surface area contributed by atoms with Gasteiger partial charge in [-0.05, 0) is 56.6 Å². The van der Waals surface area contributed by atoms with Crippen LogP contribution in [0.15, 0.2) is 48.5 Å². The summed E-state index contributed by atoms with van der Waals surface area (Å²) in [6, 6.07) is 14.3. The number of methoxy groups -OCH3 is 1. The van der Waals surface area contributed by atoms with Crippen molar-refractivity contribution in [3.05, 3.63) is 65.5 Å². The monoisotopic (exact) mass is 370 g/mol. The van der Waals surface area contributed by atoms with Crippen molar-refractivity contribution in [3.8, 4) is 5.75 Å². The molecule has 1 amide bonds. The van der Waals surface area contributed by atoms with E-state index in [1.807, 2.05) is 43.3 Å². The van der Waals surface area contributed by atoms with Gasteiger partial charge in [-0.25, -0.2) is 4.39 Å². The number of amides is 1. The molecular formula is C22H27FN2O2. The number of rotatable bonds is 6. The van der Waals surface area contributed by atoms with Gasteiger partial charge in [-0.1, -0.05) is 30.3 Å². The molecule has 1 atom stereocenters. The molecule has 1 aliphatic rings. The standard InChI is InChI=1S/C22H27FN2O2/c1-16(20-5-3-4-6-21(20)27-2)24-22(26)18-11-13-25(14-12-18)15-17-7-9-19(23)10-8-17/h3-10,16,18H,11-15H2,1-2H3,(H,24,26)/t16-/m0/s1. The SMILES string of the molecule is COc1ccccc1[C@H](C)NC(=O)C1CCN(Cc2ccc(F)cc2)CC1. The Labute approximate surface area is 160 Å². The minimum Gasteiger partial charge on any atom is -0.496 e. The smallest absolute Gasteiger partial charge is 0.223 e. The van der Waals surface area contributed by atoms with E-state index in [1.165, 1.54) is 12.1 Å². The van der Waals surface area contributed by atoms with Gasteiger partial charge in [0.25, 0.3) is 0 Å². The summed E-state index contributed by atoms with van der Waals surface area (Å²) in [4.78, 5) is 15.0. The number of hydrogen-bond donors (Lipinski definition) is 1. The minimum absolute atomic E-state index is 0.0339. The Balaban J connectivity index is 1.50. The fourth-order valence-corrected chi connectivity index (χ4v) is 3.63. The van der Waals surface area contributed by atoms with Gasteiger partial charge < -0.3 is 10.1 Å². The third kappa shape index (κ3) is 5.07. The molecule has 0 saturated carbocycles. The van der Waals surface area contributed by atoms with Crippen LogP contribution in [-0.4, -0.2) is 31.0 Å². The summed E-state index contributed by atoms with van der Waals surface area (Å²) in [6.07, 6.45) is 1.68. The maximum Gasteiger partial charge on any atom is 0.223 e. The first-order valence-electron chi connectivity index (χ1n) is 9.47. The Bertz CT molecular complexity index is 755. The highest BCUT2D eigenvalue weighted by atomic mass is 19.1. The Hall–Kier alpha value is -2.40. The molecule has 2 aromatic carbocycles. The first kappa shape index (κ1) is 19.4. The lowest BCUT2D eigenvalue weighted by Gasteiger charge is -2.32. The lowest BCUT2D eigenvalue weighted by atomic mass is 9.94. The molecule has 4 nitrogen and oxygen atoms in total. The Kier molecular flexibility index (Phi) is 6.45. The van der Waals surface area contributed by atoms with Crippen LogP contribution in [0.1, 0.15) is 36.9 Å². The summed E-state index contributed by atoms with van der Waals surface area (Å²) in [7, 11) is 1.64.